The van der Waals surface area contributed by atoms with Crippen LogP contribution in [0.1, 0.15) is 29.3 Å². The number of benzene rings is 6. The second kappa shape index (κ2) is 9.18. The summed E-state index contributed by atoms with van der Waals surface area (Å²) >= 11 is 0. The Morgan fingerprint density at radius 1 is 0.571 bits per heavy atom. The van der Waals surface area contributed by atoms with E-state index in [9.17, 15) is 0 Å². The number of nitrogens with zero attached hydrogens (tertiary/aromatic N) is 4. The maximum Gasteiger partial charge on any atom is 0.141 e. The standard InChI is InChI=1S/C44H29N5/c1-2-11-26(12-3-1)47-37-19-8-4-13-28(37)33-24-34-29-14-5-9-20-38(29)48(41(34)25-40(33)47)27-21-22-39-32(23-27)30-15-10-16-31-42-44(49(39)43(30)31)46-36-18-7-6-17-35(36)45-42/h1-7,9-18,20-25,42,45H,8,19H2. The largest absolute Gasteiger partial charge is 0.370 e. The van der Waals surface area contributed by atoms with E-state index in [1.807, 2.05) is 0 Å². The lowest BCUT2D eigenvalue weighted by Gasteiger charge is -2.23. The summed E-state index contributed by atoms with van der Waals surface area (Å²) in [6, 6.07) is 46.7. The third kappa shape index (κ3) is 3.27. The van der Waals surface area contributed by atoms with Crippen LogP contribution in [0.2, 0.25) is 0 Å². The van der Waals surface area contributed by atoms with Crippen molar-refractivity contribution in [3.05, 3.63) is 150 Å². The predicted molar refractivity (Wildman–Crippen MR) is 203 cm³/mol. The average molecular weight is 628 g/mol. The minimum Gasteiger partial charge on any atom is -0.370 e. The van der Waals surface area contributed by atoms with Gasteiger partial charge in [-0.15, -0.1) is 0 Å². The number of fused-ring (bicyclic) bond motifs is 13. The maximum atomic E-state index is 5.22. The van der Waals surface area contributed by atoms with E-state index in [1.54, 1.807) is 0 Å². The molecule has 49 heavy (non-hydrogen) atoms. The minimum atomic E-state index is 0.0407. The third-order valence-electron chi connectivity index (χ3n) is 11.0. The summed E-state index contributed by atoms with van der Waals surface area (Å²) in [6.07, 6.45) is 6.77. The van der Waals surface area contributed by atoms with Gasteiger partial charge in [0.1, 0.15) is 11.9 Å². The molecule has 9 aromatic rings. The molecular weight excluding hydrogens is 599 g/mol. The number of nitrogens with one attached hydrogen (secondary N) is 1. The van der Waals surface area contributed by atoms with Gasteiger partial charge in [-0.25, -0.2) is 4.99 Å². The molecule has 3 aliphatic rings. The van der Waals surface area contributed by atoms with Crippen molar-refractivity contribution in [2.45, 2.75) is 18.9 Å². The summed E-state index contributed by atoms with van der Waals surface area (Å²) in [5, 5.41) is 10.2. The molecule has 1 atom stereocenters. The molecule has 0 saturated carbocycles. The Morgan fingerprint density at radius 3 is 2.33 bits per heavy atom. The molecule has 0 fully saturated rings. The van der Waals surface area contributed by atoms with Crippen molar-refractivity contribution in [2.75, 3.05) is 5.32 Å². The van der Waals surface area contributed by atoms with Crippen LogP contribution in [0.5, 0.6) is 0 Å². The summed E-state index contributed by atoms with van der Waals surface area (Å²) in [5.41, 5.74) is 14.6. The number of anilines is 1. The number of hydrogen-bond donors (Lipinski definition) is 1. The molecule has 0 radical (unpaired) electrons. The molecule has 0 bridgehead atoms. The van der Waals surface area contributed by atoms with Crippen molar-refractivity contribution in [1.82, 2.24) is 13.7 Å². The van der Waals surface area contributed by atoms with E-state index in [0.717, 1.165) is 35.7 Å². The van der Waals surface area contributed by atoms with E-state index in [0.29, 0.717) is 0 Å². The van der Waals surface area contributed by atoms with Gasteiger partial charge in [0, 0.05) is 55.1 Å². The van der Waals surface area contributed by atoms with Crippen LogP contribution in [0, 0.1) is 0 Å². The van der Waals surface area contributed by atoms with E-state index in [4.69, 9.17) is 4.99 Å². The monoisotopic (exact) mass is 627 g/mol. The lowest BCUT2D eigenvalue weighted by atomic mass is 10.0. The highest BCUT2D eigenvalue weighted by Crippen LogP contribution is 2.46. The first-order valence-electron chi connectivity index (χ1n) is 17.2. The van der Waals surface area contributed by atoms with Gasteiger partial charge < -0.3 is 14.5 Å². The molecule has 230 valence electrons. The minimum absolute atomic E-state index is 0.0407. The van der Waals surface area contributed by atoms with E-state index >= 15 is 0 Å². The zero-order valence-electron chi connectivity index (χ0n) is 26.6. The smallest absolute Gasteiger partial charge is 0.141 e. The zero-order chi connectivity index (χ0) is 31.8. The van der Waals surface area contributed by atoms with E-state index < -0.39 is 0 Å². The molecule has 12 rings (SSSR count). The average Bonchev–Trinajstić information content (AvgIpc) is 3.87. The Balaban J connectivity index is 1.15. The Labute approximate surface area is 281 Å². The Morgan fingerprint density at radius 2 is 1.37 bits per heavy atom. The zero-order valence-corrected chi connectivity index (χ0v) is 26.6. The summed E-state index contributed by atoms with van der Waals surface area (Å²) in [6.45, 7) is 0. The van der Waals surface area contributed by atoms with Crippen LogP contribution in [-0.4, -0.2) is 19.5 Å². The van der Waals surface area contributed by atoms with Gasteiger partial charge in [0.15, 0.2) is 0 Å². The van der Waals surface area contributed by atoms with Crippen LogP contribution < -0.4 is 5.32 Å². The Hall–Kier alpha value is -6.33. The van der Waals surface area contributed by atoms with Crippen LogP contribution in [0.15, 0.2) is 138 Å². The van der Waals surface area contributed by atoms with Crippen LogP contribution in [0.3, 0.4) is 0 Å². The predicted octanol–water partition coefficient (Wildman–Crippen LogP) is 10.9. The van der Waals surface area contributed by atoms with Crippen molar-refractivity contribution < 1.29 is 0 Å². The summed E-state index contributed by atoms with van der Waals surface area (Å²) in [4.78, 5) is 5.22. The molecule has 6 aromatic carbocycles. The van der Waals surface area contributed by atoms with Crippen molar-refractivity contribution in [2.24, 2.45) is 4.99 Å². The maximum absolute atomic E-state index is 5.22. The van der Waals surface area contributed by atoms with E-state index in [2.05, 4.69) is 159 Å². The molecule has 0 saturated heterocycles. The van der Waals surface area contributed by atoms with Crippen molar-refractivity contribution in [3.8, 4) is 11.4 Å². The van der Waals surface area contributed by atoms with Gasteiger partial charge in [-0.2, -0.15) is 0 Å². The highest BCUT2D eigenvalue weighted by atomic mass is 15.2. The molecule has 0 spiro atoms. The topological polar surface area (TPSA) is 39.2 Å². The normalized spacial score (nSPS) is 16.0. The number of para-hydroxylation sites is 5. The van der Waals surface area contributed by atoms with Crippen LogP contribution in [0.4, 0.5) is 11.4 Å². The van der Waals surface area contributed by atoms with Crippen LogP contribution >= 0.6 is 0 Å². The van der Waals surface area contributed by atoms with Crippen molar-refractivity contribution >= 4 is 77.8 Å². The van der Waals surface area contributed by atoms with Crippen LogP contribution in [-0.2, 0) is 6.42 Å². The lowest BCUT2D eigenvalue weighted by Crippen LogP contribution is -2.24. The summed E-state index contributed by atoms with van der Waals surface area (Å²) in [5.74, 6) is 1.05. The highest BCUT2D eigenvalue weighted by molar-refractivity contribution is 6.22. The van der Waals surface area contributed by atoms with E-state index in [-0.39, 0.29) is 6.04 Å². The fraction of sp³-hybridized carbons (Fsp3) is 0.0682. The molecule has 5 heterocycles. The summed E-state index contributed by atoms with van der Waals surface area (Å²) < 4.78 is 7.35. The number of aromatic nitrogens is 3. The number of allylic oxidation sites excluding steroid dienone is 1. The molecule has 2 aliphatic heterocycles. The first-order chi connectivity index (χ1) is 24.3. The highest BCUT2D eigenvalue weighted by Gasteiger charge is 2.36. The molecule has 3 aromatic heterocycles. The van der Waals surface area contributed by atoms with Crippen molar-refractivity contribution in [3.63, 3.8) is 0 Å². The second-order valence-electron chi connectivity index (χ2n) is 13.6. The van der Waals surface area contributed by atoms with Gasteiger partial charge in [0.05, 0.1) is 39.0 Å². The Kier molecular flexibility index (Phi) is 4.82. The third-order valence-corrected chi connectivity index (χ3v) is 11.0. The van der Waals surface area contributed by atoms with Crippen molar-refractivity contribution in [1.29, 1.82) is 0 Å². The molecule has 5 nitrogen and oxygen atoms in total. The number of hydrogen-bond acceptors (Lipinski definition) is 2. The SMILES string of the molecule is C1=Cc2c(n(-c3ccccc3)c3cc4c(cc23)c2ccccc2n4-c2ccc3c(c2)c2cccc4c2n3C2=Nc3ccccc3NC24)CC1. The molecule has 1 unspecified atom stereocenters. The van der Waals surface area contributed by atoms with E-state index in [1.165, 1.54) is 77.0 Å². The number of rotatable bonds is 2. The lowest BCUT2D eigenvalue weighted by molar-refractivity contribution is 0.888. The van der Waals surface area contributed by atoms with Gasteiger partial charge >= 0.3 is 0 Å². The second-order valence-corrected chi connectivity index (χ2v) is 13.6. The van der Waals surface area contributed by atoms with Gasteiger partial charge in [-0.05, 0) is 73.5 Å². The fourth-order valence-corrected chi connectivity index (χ4v) is 9.02. The molecule has 0 amide bonds. The fourth-order valence-electron chi connectivity index (χ4n) is 9.02. The summed E-state index contributed by atoms with van der Waals surface area (Å²) in [7, 11) is 0. The van der Waals surface area contributed by atoms with Gasteiger partial charge in [0.2, 0.25) is 0 Å². The van der Waals surface area contributed by atoms with Crippen LogP contribution in [0.25, 0.3) is 72.0 Å². The first-order valence-corrected chi connectivity index (χ1v) is 17.2. The number of aliphatic imine (C=N–C) groups is 1. The molecule has 1 aliphatic carbocycles. The van der Waals surface area contributed by atoms with Gasteiger partial charge in [0.25, 0.3) is 0 Å². The Bertz CT molecular complexity index is 2970. The molecule has 5 heteroatoms. The first kappa shape index (κ1) is 25.7. The van der Waals surface area contributed by atoms with Gasteiger partial charge in [-0.3, -0.25) is 4.57 Å². The van der Waals surface area contributed by atoms with Gasteiger partial charge in [-0.1, -0.05) is 78.9 Å². The molecule has 1 N–H and O–H groups in total. The quantitative estimate of drug-likeness (QED) is 0.203. The molecular formula is C44H29N5.